The van der Waals surface area contributed by atoms with Crippen LogP contribution in [-0.4, -0.2) is 51.0 Å². The van der Waals surface area contributed by atoms with Crippen LogP contribution in [0.3, 0.4) is 0 Å². The lowest BCUT2D eigenvalue weighted by Crippen LogP contribution is -2.51. The van der Waals surface area contributed by atoms with Crippen molar-refractivity contribution in [2.75, 3.05) is 24.2 Å². The molecule has 0 bridgehead atoms. The molecule has 0 aliphatic rings. The van der Waals surface area contributed by atoms with Gasteiger partial charge in [-0.15, -0.1) is 0 Å². The first-order chi connectivity index (χ1) is 14.6. The van der Waals surface area contributed by atoms with Crippen LogP contribution in [0.5, 0.6) is 0 Å². The van der Waals surface area contributed by atoms with Crippen LogP contribution in [0.15, 0.2) is 48.5 Å². The zero-order valence-electron chi connectivity index (χ0n) is 18.8. The van der Waals surface area contributed by atoms with Crippen LogP contribution in [0.2, 0.25) is 0 Å². The third-order valence-corrected chi connectivity index (χ3v) is 6.38. The fourth-order valence-electron chi connectivity index (χ4n) is 3.38. The smallest absolute Gasteiger partial charge is 0.244 e. The second kappa shape index (κ2) is 10.4. The Balaban J connectivity index is 2.43. The normalized spacial score (nSPS) is 12.2. The maximum absolute atomic E-state index is 13.4. The number of aryl methyl sites for hydroxylation is 2. The van der Waals surface area contributed by atoms with E-state index in [9.17, 15) is 18.0 Å². The summed E-state index contributed by atoms with van der Waals surface area (Å²) in [5.74, 6) is -0.727. The number of benzene rings is 2. The van der Waals surface area contributed by atoms with Gasteiger partial charge in [-0.2, -0.15) is 0 Å². The van der Waals surface area contributed by atoms with E-state index in [2.05, 4.69) is 5.32 Å². The van der Waals surface area contributed by atoms with Crippen LogP contribution < -0.4 is 9.62 Å². The number of nitrogens with zero attached hydrogens (tertiary/aromatic N) is 2. The van der Waals surface area contributed by atoms with E-state index in [4.69, 9.17) is 0 Å². The number of amides is 2. The van der Waals surface area contributed by atoms with Crippen molar-refractivity contribution >= 4 is 27.5 Å². The minimum atomic E-state index is -3.71. The van der Waals surface area contributed by atoms with Gasteiger partial charge in [-0.05, 0) is 43.5 Å². The van der Waals surface area contributed by atoms with Gasteiger partial charge in [0.1, 0.15) is 12.6 Å². The fraction of sp³-hybridized carbons (Fsp3) is 0.391. The van der Waals surface area contributed by atoms with E-state index in [0.717, 1.165) is 27.3 Å². The van der Waals surface area contributed by atoms with Gasteiger partial charge in [0, 0.05) is 13.6 Å². The monoisotopic (exact) mass is 445 g/mol. The van der Waals surface area contributed by atoms with Gasteiger partial charge >= 0.3 is 0 Å². The summed E-state index contributed by atoms with van der Waals surface area (Å²) in [6, 6.07) is 13.8. The standard InChI is InChI=1S/C23H31N3O4S/c1-6-21(23(28)24-4)25(15-19-10-8-7-9-18(19)3)22(27)16-26(31(5,29)30)20-13-11-17(2)12-14-20/h7-14,21H,6,15-16H2,1-5H3,(H,24,28)/t21-/m0/s1. The van der Waals surface area contributed by atoms with Gasteiger partial charge in [0.05, 0.1) is 11.9 Å². The molecule has 168 valence electrons. The molecule has 2 aromatic rings. The molecule has 0 aliphatic carbocycles. The van der Waals surface area contributed by atoms with Crippen molar-refractivity contribution in [2.45, 2.75) is 39.8 Å². The maximum atomic E-state index is 13.4. The van der Waals surface area contributed by atoms with Crippen molar-refractivity contribution < 1.29 is 18.0 Å². The molecular formula is C23H31N3O4S. The summed E-state index contributed by atoms with van der Waals surface area (Å²) >= 11 is 0. The van der Waals surface area contributed by atoms with E-state index in [1.807, 2.05) is 45.0 Å². The maximum Gasteiger partial charge on any atom is 0.244 e. The van der Waals surface area contributed by atoms with E-state index in [1.165, 1.54) is 11.9 Å². The molecular weight excluding hydrogens is 414 g/mol. The van der Waals surface area contributed by atoms with Gasteiger partial charge in [-0.1, -0.05) is 48.9 Å². The first-order valence-corrected chi connectivity index (χ1v) is 12.0. The molecule has 7 nitrogen and oxygen atoms in total. The Labute approximate surface area is 185 Å². The second-order valence-corrected chi connectivity index (χ2v) is 9.50. The number of hydrogen-bond acceptors (Lipinski definition) is 4. The number of rotatable bonds is 9. The number of likely N-dealkylation sites (N-methyl/N-ethyl adjacent to an activating group) is 1. The van der Waals surface area contributed by atoms with E-state index in [-0.39, 0.29) is 19.0 Å². The van der Waals surface area contributed by atoms with Gasteiger partial charge in [-0.3, -0.25) is 13.9 Å². The molecule has 0 spiro atoms. The Morgan fingerprint density at radius 1 is 1.03 bits per heavy atom. The van der Waals surface area contributed by atoms with Crippen molar-refractivity contribution in [3.8, 4) is 0 Å². The molecule has 0 saturated carbocycles. The van der Waals surface area contributed by atoms with Crippen molar-refractivity contribution in [2.24, 2.45) is 0 Å². The zero-order valence-corrected chi connectivity index (χ0v) is 19.6. The molecule has 8 heteroatoms. The summed E-state index contributed by atoms with van der Waals surface area (Å²) in [5, 5.41) is 2.61. The quantitative estimate of drug-likeness (QED) is 0.643. The number of sulfonamides is 1. The Bertz CT molecular complexity index is 1020. The molecule has 0 heterocycles. The summed E-state index contributed by atoms with van der Waals surface area (Å²) < 4.78 is 26.1. The lowest BCUT2D eigenvalue weighted by atomic mass is 10.1. The highest BCUT2D eigenvalue weighted by atomic mass is 32.2. The van der Waals surface area contributed by atoms with Crippen LogP contribution >= 0.6 is 0 Å². The average molecular weight is 446 g/mol. The van der Waals surface area contributed by atoms with Crippen LogP contribution in [0.1, 0.15) is 30.0 Å². The highest BCUT2D eigenvalue weighted by molar-refractivity contribution is 7.92. The molecule has 0 aromatic heterocycles. The van der Waals surface area contributed by atoms with E-state index >= 15 is 0 Å². The van der Waals surface area contributed by atoms with Crippen molar-refractivity contribution in [3.05, 3.63) is 65.2 Å². The second-order valence-electron chi connectivity index (χ2n) is 7.59. The molecule has 0 fully saturated rings. The fourth-order valence-corrected chi connectivity index (χ4v) is 4.23. The minimum absolute atomic E-state index is 0.211. The highest BCUT2D eigenvalue weighted by Gasteiger charge is 2.31. The molecule has 0 saturated heterocycles. The molecule has 0 aliphatic heterocycles. The minimum Gasteiger partial charge on any atom is -0.357 e. The SMILES string of the molecule is CC[C@@H](C(=O)NC)N(Cc1ccccc1C)C(=O)CN(c1ccc(C)cc1)S(C)(=O)=O. The first-order valence-electron chi connectivity index (χ1n) is 10.2. The number of hydrogen-bond donors (Lipinski definition) is 1. The summed E-state index contributed by atoms with van der Waals surface area (Å²) in [6.07, 6.45) is 1.47. The third-order valence-electron chi connectivity index (χ3n) is 5.24. The summed E-state index contributed by atoms with van der Waals surface area (Å²) in [5.41, 5.74) is 3.28. The number of anilines is 1. The van der Waals surface area contributed by atoms with Crippen LogP contribution in [0.4, 0.5) is 5.69 Å². The number of carbonyl (C=O) groups excluding carboxylic acids is 2. The van der Waals surface area contributed by atoms with Crippen molar-refractivity contribution in [3.63, 3.8) is 0 Å². The molecule has 1 N–H and O–H groups in total. The first kappa shape index (κ1) is 24.4. The number of carbonyl (C=O) groups is 2. The van der Waals surface area contributed by atoms with Crippen molar-refractivity contribution in [1.82, 2.24) is 10.2 Å². The highest BCUT2D eigenvalue weighted by Crippen LogP contribution is 2.21. The van der Waals surface area contributed by atoms with E-state index < -0.39 is 22.0 Å². The van der Waals surface area contributed by atoms with E-state index in [1.54, 1.807) is 24.3 Å². The predicted octanol–water partition coefficient (Wildman–Crippen LogP) is 2.62. The molecule has 2 rings (SSSR count). The zero-order chi connectivity index (χ0) is 23.2. The predicted molar refractivity (Wildman–Crippen MR) is 123 cm³/mol. The molecule has 2 amide bonds. The summed E-state index contributed by atoms with van der Waals surface area (Å²) in [7, 11) is -2.19. The van der Waals surface area contributed by atoms with Gasteiger partial charge in [0.25, 0.3) is 0 Å². The lowest BCUT2D eigenvalue weighted by molar-refractivity contribution is -0.140. The van der Waals surface area contributed by atoms with Crippen molar-refractivity contribution in [1.29, 1.82) is 0 Å². The average Bonchev–Trinajstić information content (AvgIpc) is 2.72. The third kappa shape index (κ3) is 6.30. The molecule has 1 atom stereocenters. The van der Waals surface area contributed by atoms with Gasteiger partial charge in [0.2, 0.25) is 21.8 Å². The largest absolute Gasteiger partial charge is 0.357 e. The molecule has 0 unspecified atom stereocenters. The lowest BCUT2D eigenvalue weighted by Gasteiger charge is -2.33. The van der Waals surface area contributed by atoms with Crippen LogP contribution in [0, 0.1) is 13.8 Å². The summed E-state index contributed by atoms with van der Waals surface area (Å²) in [6.45, 7) is 5.49. The topological polar surface area (TPSA) is 86.8 Å². The van der Waals surface area contributed by atoms with Gasteiger partial charge in [0.15, 0.2) is 0 Å². The Hall–Kier alpha value is -2.87. The Morgan fingerprint density at radius 3 is 2.16 bits per heavy atom. The summed E-state index contributed by atoms with van der Waals surface area (Å²) in [4.78, 5) is 27.4. The Kier molecular flexibility index (Phi) is 8.21. The molecule has 2 aromatic carbocycles. The number of nitrogens with one attached hydrogen (secondary N) is 1. The van der Waals surface area contributed by atoms with Crippen LogP contribution in [-0.2, 0) is 26.2 Å². The van der Waals surface area contributed by atoms with Gasteiger partial charge < -0.3 is 10.2 Å². The molecule has 0 radical (unpaired) electrons. The Morgan fingerprint density at radius 2 is 1.65 bits per heavy atom. The van der Waals surface area contributed by atoms with Crippen LogP contribution in [0.25, 0.3) is 0 Å². The van der Waals surface area contributed by atoms with Gasteiger partial charge in [-0.25, -0.2) is 8.42 Å². The van der Waals surface area contributed by atoms with E-state index in [0.29, 0.717) is 12.1 Å². The molecule has 31 heavy (non-hydrogen) atoms.